The predicted octanol–water partition coefficient (Wildman–Crippen LogP) is 2.85. The number of rotatable bonds is 2. The van der Waals surface area contributed by atoms with Gasteiger partial charge in [-0.3, -0.25) is 0 Å². The van der Waals surface area contributed by atoms with Gasteiger partial charge in [-0.05, 0) is 32.3 Å². The molecule has 2 N–H and O–H groups in total. The molecule has 2 aromatic rings. The maximum Gasteiger partial charge on any atom is 0.146 e. The summed E-state index contributed by atoms with van der Waals surface area (Å²) < 4.78 is 2.27. The Morgan fingerprint density at radius 1 is 1.18 bits per heavy atom. The second-order valence-corrected chi connectivity index (χ2v) is 5.02. The summed E-state index contributed by atoms with van der Waals surface area (Å²) in [7, 11) is 0. The molecule has 0 radical (unpaired) electrons. The number of hydrogen-bond acceptors (Lipinski definition) is 3. The average molecular weight is 232 g/mol. The first kappa shape index (κ1) is 11.9. The molecule has 0 saturated heterocycles. The first-order valence-electron chi connectivity index (χ1n) is 6.02. The zero-order valence-electron chi connectivity index (χ0n) is 11.2. The van der Waals surface area contributed by atoms with Crippen LogP contribution in [0.15, 0.2) is 6.33 Å². The summed E-state index contributed by atoms with van der Waals surface area (Å²) in [5.41, 5.74) is 9.32. The van der Waals surface area contributed by atoms with Gasteiger partial charge in [-0.1, -0.05) is 13.8 Å². The Labute approximate surface area is 102 Å². The van der Waals surface area contributed by atoms with Gasteiger partial charge < -0.3 is 10.3 Å². The van der Waals surface area contributed by atoms with E-state index in [0.29, 0.717) is 17.8 Å². The highest BCUT2D eigenvalue weighted by Crippen LogP contribution is 2.31. The summed E-state index contributed by atoms with van der Waals surface area (Å²) in [4.78, 5) is 8.48. The van der Waals surface area contributed by atoms with E-state index in [2.05, 4.69) is 49.2 Å². The topological polar surface area (TPSA) is 56.7 Å². The SMILES string of the molecule is Cc1c(C)n(C(C)C(C)C)c2ncnc(N)c12. The van der Waals surface area contributed by atoms with Crippen molar-refractivity contribution in [3.63, 3.8) is 0 Å². The molecule has 92 valence electrons. The minimum atomic E-state index is 0.403. The fourth-order valence-electron chi connectivity index (χ4n) is 2.25. The van der Waals surface area contributed by atoms with Crippen LogP contribution in [0.25, 0.3) is 11.0 Å². The van der Waals surface area contributed by atoms with Crippen molar-refractivity contribution in [3.8, 4) is 0 Å². The lowest BCUT2D eigenvalue weighted by Gasteiger charge is -2.20. The maximum atomic E-state index is 5.95. The number of nitrogens with zero attached hydrogens (tertiary/aromatic N) is 3. The van der Waals surface area contributed by atoms with Gasteiger partial charge in [-0.2, -0.15) is 0 Å². The third-order valence-corrected chi connectivity index (χ3v) is 3.74. The van der Waals surface area contributed by atoms with E-state index in [1.54, 1.807) is 6.33 Å². The molecule has 0 amide bonds. The second kappa shape index (κ2) is 4.02. The van der Waals surface area contributed by atoms with Gasteiger partial charge in [-0.15, -0.1) is 0 Å². The number of hydrogen-bond donors (Lipinski definition) is 1. The summed E-state index contributed by atoms with van der Waals surface area (Å²) >= 11 is 0. The smallest absolute Gasteiger partial charge is 0.146 e. The molecule has 2 heterocycles. The summed E-state index contributed by atoms with van der Waals surface area (Å²) in [5.74, 6) is 1.13. The summed E-state index contributed by atoms with van der Waals surface area (Å²) in [6, 6.07) is 0.403. The standard InChI is InChI=1S/C13H20N4/c1-7(2)9(4)17-10(5)8(3)11-12(14)15-6-16-13(11)17/h6-7,9H,1-5H3,(H2,14,15,16). The molecule has 0 fully saturated rings. The fourth-order valence-corrected chi connectivity index (χ4v) is 2.25. The highest BCUT2D eigenvalue weighted by atomic mass is 15.1. The van der Waals surface area contributed by atoms with E-state index in [1.165, 1.54) is 11.3 Å². The molecule has 0 aromatic carbocycles. The van der Waals surface area contributed by atoms with Crippen LogP contribution in [0.1, 0.15) is 38.1 Å². The number of fused-ring (bicyclic) bond motifs is 1. The van der Waals surface area contributed by atoms with Gasteiger partial charge >= 0.3 is 0 Å². The third kappa shape index (κ3) is 1.68. The van der Waals surface area contributed by atoms with E-state index in [-0.39, 0.29) is 0 Å². The second-order valence-electron chi connectivity index (χ2n) is 5.02. The Hall–Kier alpha value is -1.58. The van der Waals surface area contributed by atoms with Crippen LogP contribution in [0, 0.1) is 19.8 Å². The predicted molar refractivity (Wildman–Crippen MR) is 71.0 cm³/mol. The summed E-state index contributed by atoms with van der Waals surface area (Å²) in [5, 5.41) is 0.998. The van der Waals surface area contributed by atoms with E-state index in [9.17, 15) is 0 Å². The zero-order valence-corrected chi connectivity index (χ0v) is 11.2. The van der Waals surface area contributed by atoms with E-state index in [4.69, 9.17) is 5.73 Å². The normalized spacial score (nSPS) is 13.5. The number of nitrogen functional groups attached to an aromatic ring is 1. The van der Waals surface area contributed by atoms with E-state index < -0.39 is 0 Å². The molecular weight excluding hydrogens is 212 g/mol. The van der Waals surface area contributed by atoms with Gasteiger partial charge in [0.25, 0.3) is 0 Å². The first-order chi connectivity index (χ1) is 7.95. The minimum absolute atomic E-state index is 0.403. The Bertz CT molecular complexity index is 554. The molecular formula is C13H20N4. The van der Waals surface area contributed by atoms with Gasteiger partial charge in [-0.25, -0.2) is 9.97 Å². The monoisotopic (exact) mass is 232 g/mol. The van der Waals surface area contributed by atoms with Crippen molar-refractivity contribution < 1.29 is 0 Å². The van der Waals surface area contributed by atoms with Crippen molar-refractivity contribution in [1.82, 2.24) is 14.5 Å². The summed E-state index contributed by atoms with van der Waals surface area (Å²) in [6.45, 7) is 10.9. The average Bonchev–Trinajstić information content (AvgIpc) is 2.52. The van der Waals surface area contributed by atoms with Crippen LogP contribution in [-0.2, 0) is 0 Å². The van der Waals surface area contributed by atoms with Crippen LogP contribution in [0.5, 0.6) is 0 Å². The summed E-state index contributed by atoms with van der Waals surface area (Å²) in [6.07, 6.45) is 1.54. The van der Waals surface area contributed by atoms with Crippen LogP contribution in [0.3, 0.4) is 0 Å². The molecule has 0 spiro atoms. The lowest BCUT2D eigenvalue weighted by atomic mass is 10.1. The number of aromatic nitrogens is 3. The molecule has 4 nitrogen and oxygen atoms in total. The molecule has 1 unspecified atom stereocenters. The molecule has 4 heteroatoms. The van der Waals surface area contributed by atoms with Crippen molar-refractivity contribution >= 4 is 16.9 Å². The number of aryl methyl sites for hydroxylation is 1. The number of nitrogens with two attached hydrogens (primary N) is 1. The number of anilines is 1. The van der Waals surface area contributed by atoms with Crippen LogP contribution in [0.2, 0.25) is 0 Å². The van der Waals surface area contributed by atoms with Crippen molar-refractivity contribution in [2.75, 3.05) is 5.73 Å². The minimum Gasteiger partial charge on any atom is -0.383 e. The van der Waals surface area contributed by atoms with Crippen LogP contribution >= 0.6 is 0 Å². The van der Waals surface area contributed by atoms with Gasteiger partial charge in [0.1, 0.15) is 17.8 Å². The Balaban J connectivity index is 2.80. The molecule has 1 atom stereocenters. The van der Waals surface area contributed by atoms with Crippen molar-refractivity contribution in [1.29, 1.82) is 0 Å². The molecule has 0 aliphatic carbocycles. The maximum absolute atomic E-state index is 5.95. The lowest BCUT2D eigenvalue weighted by Crippen LogP contribution is -2.13. The molecule has 0 saturated carbocycles. The van der Waals surface area contributed by atoms with Crippen LogP contribution in [0.4, 0.5) is 5.82 Å². The molecule has 2 aromatic heterocycles. The molecule has 0 aliphatic heterocycles. The zero-order chi connectivity index (χ0) is 12.7. The van der Waals surface area contributed by atoms with E-state index >= 15 is 0 Å². The molecule has 0 bridgehead atoms. The Kier molecular flexibility index (Phi) is 2.81. The van der Waals surface area contributed by atoms with Gasteiger partial charge in [0, 0.05) is 11.7 Å². The quantitative estimate of drug-likeness (QED) is 0.866. The van der Waals surface area contributed by atoms with Gasteiger partial charge in [0.2, 0.25) is 0 Å². The van der Waals surface area contributed by atoms with Crippen molar-refractivity contribution in [2.45, 2.75) is 40.7 Å². The lowest BCUT2D eigenvalue weighted by molar-refractivity contribution is 0.410. The van der Waals surface area contributed by atoms with Gasteiger partial charge in [0.05, 0.1) is 5.39 Å². The molecule has 2 rings (SSSR count). The van der Waals surface area contributed by atoms with E-state index in [1.807, 2.05) is 0 Å². The van der Waals surface area contributed by atoms with Crippen molar-refractivity contribution in [3.05, 3.63) is 17.6 Å². The third-order valence-electron chi connectivity index (χ3n) is 3.74. The molecule has 17 heavy (non-hydrogen) atoms. The van der Waals surface area contributed by atoms with Crippen molar-refractivity contribution in [2.24, 2.45) is 5.92 Å². The molecule has 0 aliphatic rings. The fraction of sp³-hybridized carbons (Fsp3) is 0.538. The highest BCUT2D eigenvalue weighted by Gasteiger charge is 2.20. The largest absolute Gasteiger partial charge is 0.383 e. The van der Waals surface area contributed by atoms with Crippen LogP contribution in [-0.4, -0.2) is 14.5 Å². The van der Waals surface area contributed by atoms with Gasteiger partial charge in [0.15, 0.2) is 0 Å². The van der Waals surface area contributed by atoms with E-state index in [0.717, 1.165) is 11.0 Å². The highest BCUT2D eigenvalue weighted by molar-refractivity contribution is 5.90. The Morgan fingerprint density at radius 3 is 2.41 bits per heavy atom. The van der Waals surface area contributed by atoms with Crippen LogP contribution < -0.4 is 5.73 Å². The first-order valence-corrected chi connectivity index (χ1v) is 6.02. The Morgan fingerprint density at radius 2 is 1.82 bits per heavy atom.